The summed E-state index contributed by atoms with van der Waals surface area (Å²) in [6.07, 6.45) is 1.01. The Hall–Kier alpha value is -0.900. The van der Waals surface area contributed by atoms with E-state index in [0.717, 1.165) is 30.2 Å². The van der Waals surface area contributed by atoms with E-state index in [1.165, 1.54) is 10.6 Å². The first-order valence-electron chi connectivity index (χ1n) is 6.85. The molecule has 0 amide bonds. The fraction of sp³-hybridized carbons (Fsp3) is 0.438. The first kappa shape index (κ1) is 15.5. The third-order valence-electron chi connectivity index (χ3n) is 3.00. The molecule has 0 radical (unpaired) electrons. The van der Waals surface area contributed by atoms with E-state index in [1.54, 1.807) is 11.3 Å². The van der Waals surface area contributed by atoms with Gasteiger partial charge in [0.25, 0.3) is 0 Å². The summed E-state index contributed by atoms with van der Waals surface area (Å²) in [4.78, 5) is 4.68. The van der Waals surface area contributed by atoms with Crippen molar-refractivity contribution in [3.8, 4) is 0 Å². The molecule has 0 atom stereocenters. The lowest BCUT2D eigenvalue weighted by atomic mass is 9.98. The van der Waals surface area contributed by atoms with Crippen molar-refractivity contribution in [2.24, 2.45) is 0 Å². The van der Waals surface area contributed by atoms with Crippen LogP contribution in [-0.4, -0.2) is 11.5 Å². The molecule has 1 heterocycles. The molecule has 0 aliphatic rings. The predicted octanol–water partition coefficient (Wildman–Crippen LogP) is 4.43. The van der Waals surface area contributed by atoms with E-state index in [1.807, 2.05) is 12.1 Å². The standard InChI is InChI=1S/C16H21ClN2S/c1-16(2,3)15-19-14(11-20-15)10-18-9-8-12-4-6-13(17)7-5-12/h4-7,11,18H,8-10H2,1-3H3. The molecule has 2 rings (SSSR count). The average molecular weight is 309 g/mol. The highest BCUT2D eigenvalue weighted by atomic mass is 35.5. The molecule has 0 unspecified atom stereocenters. The van der Waals surface area contributed by atoms with Crippen LogP contribution >= 0.6 is 22.9 Å². The fourth-order valence-corrected chi connectivity index (χ4v) is 2.87. The summed E-state index contributed by atoms with van der Waals surface area (Å²) >= 11 is 7.62. The van der Waals surface area contributed by atoms with Gasteiger partial charge in [-0.1, -0.05) is 44.5 Å². The van der Waals surface area contributed by atoms with Gasteiger partial charge >= 0.3 is 0 Å². The molecular formula is C16H21ClN2S. The van der Waals surface area contributed by atoms with Crippen LogP contribution in [0.15, 0.2) is 29.6 Å². The minimum Gasteiger partial charge on any atom is -0.311 e. The van der Waals surface area contributed by atoms with Gasteiger partial charge in [-0.2, -0.15) is 0 Å². The van der Waals surface area contributed by atoms with E-state index in [2.05, 4.69) is 48.6 Å². The zero-order valence-electron chi connectivity index (χ0n) is 12.2. The minimum atomic E-state index is 0.145. The van der Waals surface area contributed by atoms with E-state index < -0.39 is 0 Å². The predicted molar refractivity (Wildman–Crippen MR) is 87.7 cm³/mol. The molecule has 0 aliphatic heterocycles. The highest BCUT2D eigenvalue weighted by molar-refractivity contribution is 7.09. The Balaban J connectivity index is 1.76. The number of benzene rings is 1. The molecule has 2 aromatic rings. The number of aromatic nitrogens is 1. The van der Waals surface area contributed by atoms with Crippen LogP contribution in [-0.2, 0) is 18.4 Å². The number of halogens is 1. The molecule has 0 bridgehead atoms. The van der Waals surface area contributed by atoms with Gasteiger partial charge in [0.2, 0.25) is 0 Å². The van der Waals surface area contributed by atoms with Gasteiger partial charge in [0, 0.05) is 22.4 Å². The molecule has 0 spiro atoms. The van der Waals surface area contributed by atoms with Crippen LogP contribution in [0.4, 0.5) is 0 Å². The van der Waals surface area contributed by atoms with Crippen molar-refractivity contribution >= 4 is 22.9 Å². The molecule has 20 heavy (non-hydrogen) atoms. The van der Waals surface area contributed by atoms with Crippen molar-refractivity contribution in [2.75, 3.05) is 6.54 Å². The van der Waals surface area contributed by atoms with Crippen LogP contribution in [0.3, 0.4) is 0 Å². The van der Waals surface area contributed by atoms with Gasteiger partial charge in [-0.15, -0.1) is 11.3 Å². The molecule has 2 nitrogen and oxygen atoms in total. The number of hydrogen-bond acceptors (Lipinski definition) is 3. The van der Waals surface area contributed by atoms with Gasteiger partial charge in [0.1, 0.15) is 0 Å². The monoisotopic (exact) mass is 308 g/mol. The SMILES string of the molecule is CC(C)(C)c1nc(CNCCc2ccc(Cl)cc2)cs1. The Labute approximate surface area is 130 Å². The Kier molecular flexibility index (Phi) is 5.19. The molecule has 108 valence electrons. The summed E-state index contributed by atoms with van der Waals surface area (Å²) in [6, 6.07) is 8.02. The number of rotatable bonds is 5. The van der Waals surface area contributed by atoms with Crippen LogP contribution in [0.5, 0.6) is 0 Å². The van der Waals surface area contributed by atoms with Crippen LogP contribution in [0.1, 0.15) is 37.0 Å². The number of thiazole rings is 1. The molecule has 1 aromatic carbocycles. The molecular weight excluding hydrogens is 288 g/mol. The maximum absolute atomic E-state index is 5.87. The summed E-state index contributed by atoms with van der Waals surface area (Å²) in [6.45, 7) is 8.38. The maximum atomic E-state index is 5.87. The zero-order valence-corrected chi connectivity index (χ0v) is 13.8. The molecule has 0 fully saturated rings. The first-order valence-corrected chi connectivity index (χ1v) is 8.11. The Morgan fingerprint density at radius 2 is 1.90 bits per heavy atom. The van der Waals surface area contributed by atoms with Gasteiger partial charge in [0.15, 0.2) is 0 Å². The molecule has 1 aromatic heterocycles. The Morgan fingerprint density at radius 1 is 1.20 bits per heavy atom. The molecule has 0 saturated heterocycles. The zero-order chi connectivity index (χ0) is 14.6. The second-order valence-corrected chi connectivity index (χ2v) is 7.24. The van der Waals surface area contributed by atoms with Crippen molar-refractivity contribution in [3.05, 3.63) is 50.9 Å². The van der Waals surface area contributed by atoms with Gasteiger partial charge < -0.3 is 5.32 Å². The van der Waals surface area contributed by atoms with Gasteiger partial charge in [-0.05, 0) is 30.7 Å². The number of nitrogens with one attached hydrogen (secondary N) is 1. The lowest BCUT2D eigenvalue weighted by Crippen LogP contribution is -2.17. The normalized spacial score (nSPS) is 11.8. The maximum Gasteiger partial charge on any atom is 0.0982 e. The highest BCUT2D eigenvalue weighted by Gasteiger charge is 2.17. The summed E-state index contributed by atoms with van der Waals surface area (Å²) in [5.74, 6) is 0. The van der Waals surface area contributed by atoms with Crippen molar-refractivity contribution in [1.82, 2.24) is 10.3 Å². The van der Waals surface area contributed by atoms with Gasteiger partial charge in [-0.25, -0.2) is 4.98 Å². The van der Waals surface area contributed by atoms with Crippen LogP contribution < -0.4 is 5.32 Å². The number of hydrogen-bond donors (Lipinski definition) is 1. The van der Waals surface area contributed by atoms with Crippen molar-refractivity contribution in [1.29, 1.82) is 0 Å². The number of nitrogens with zero attached hydrogens (tertiary/aromatic N) is 1. The van der Waals surface area contributed by atoms with E-state index in [4.69, 9.17) is 11.6 Å². The van der Waals surface area contributed by atoms with Crippen LogP contribution in [0.25, 0.3) is 0 Å². The second kappa shape index (κ2) is 6.70. The molecule has 4 heteroatoms. The lowest BCUT2D eigenvalue weighted by Gasteiger charge is -2.13. The summed E-state index contributed by atoms with van der Waals surface area (Å²) < 4.78 is 0. The minimum absolute atomic E-state index is 0.145. The van der Waals surface area contributed by atoms with Crippen molar-refractivity contribution in [3.63, 3.8) is 0 Å². The van der Waals surface area contributed by atoms with E-state index in [9.17, 15) is 0 Å². The fourth-order valence-electron chi connectivity index (χ4n) is 1.83. The van der Waals surface area contributed by atoms with Crippen molar-refractivity contribution in [2.45, 2.75) is 39.2 Å². The quantitative estimate of drug-likeness (QED) is 0.827. The van der Waals surface area contributed by atoms with Gasteiger partial charge in [0.05, 0.1) is 10.7 Å². The summed E-state index contributed by atoms with van der Waals surface area (Å²) in [5.41, 5.74) is 2.58. The van der Waals surface area contributed by atoms with E-state index in [0.29, 0.717) is 0 Å². The first-order chi connectivity index (χ1) is 9.45. The summed E-state index contributed by atoms with van der Waals surface area (Å²) in [5, 5.41) is 7.58. The second-order valence-electron chi connectivity index (χ2n) is 5.95. The van der Waals surface area contributed by atoms with Crippen LogP contribution in [0, 0.1) is 0 Å². The average Bonchev–Trinajstić information content (AvgIpc) is 2.85. The van der Waals surface area contributed by atoms with E-state index >= 15 is 0 Å². The molecule has 1 N–H and O–H groups in total. The van der Waals surface area contributed by atoms with Crippen LogP contribution in [0.2, 0.25) is 5.02 Å². The van der Waals surface area contributed by atoms with E-state index in [-0.39, 0.29) is 5.41 Å². The highest BCUT2D eigenvalue weighted by Crippen LogP contribution is 2.25. The smallest absolute Gasteiger partial charge is 0.0982 e. The third kappa shape index (κ3) is 4.58. The molecule has 0 aliphatic carbocycles. The lowest BCUT2D eigenvalue weighted by molar-refractivity contribution is 0.579. The summed E-state index contributed by atoms with van der Waals surface area (Å²) in [7, 11) is 0. The largest absolute Gasteiger partial charge is 0.311 e. The molecule has 0 saturated carbocycles. The topological polar surface area (TPSA) is 24.9 Å². The third-order valence-corrected chi connectivity index (χ3v) is 4.57. The Morgan fingerprint density at radius 3 is 2.50 bits per heavy atom. The van der Waals surface area contributed by atoms with Gasteiger partial charge in [-0.3, -0.25) is 0 Å². The Bertz CT molecular complexity index is 540. The van der Waals surface area contributed by atoms with Crippen molar-refractivity contribution < 1.29 is 0 Å².